The topological polar surface area (TPSA) is 44.9 Å². The summed E-state index contributed by atoms with van der Waals surface area (Å²) in [4.78, 5) is 14.1. The zero-order valence-electron chi connectivity index (χ0n) is 11.8. The van der Waals surface area contributed by atoms with Crippen LogP contribution >= 0.6 is 0 Å². The Kier molecular flexibility index (Phi) is 4.95. The lowest BCUT2D eigenvalue weighted by atomic mass is 10.1. The second-order valence-corrected chi connectivity index (χ2v) is 4.23. The SMILES string of the molecule is CC.CC(=O)NCc1cc2cc(C)c(C)cc2[nH]1. The summed E-state index contributed by atoms with van der Waals surface area (Å²) in [6, 6.07) is 6.39. The van der Waals surface area contributed by atoms with E-state index >= 15 is 0 Å². The molecule has 98 valence electrons. The number of hydrogen-bond donors (Lipinski definition) is 2. The van der Waals surface area contributed by atoms with E-state index in [1.165, 1.54) is 23.4 Å². The fraction of sp³-hybridized carbons (Fsp3) is 0.400. The van der Waals surface area contributed by atoms with Crippen LogP contribution in [0.15, 0.2) is 18.2 Å². The Labute approximate surface area is 109 Å². The van der Waals surface area contributed by atoms with Crippen molar-refractivity contribution in [2.45, 2.75) is 41.2 Å². The van der Waals surface area contributed by atoms with Crippen molar-refractivity contribution in [3.05, 3.63) is 35.0 Å². The van der Waals surface area contributed by atoms with Crippen LogP contribution < -0.4 is 5.32 Å². The van der Waals surface area contributed by atoms with E-state index < -0.39 is 0 Å². The first-order valence-corrected chi connectivity index (χ1v) is 6.39. The van der Waals surface area contributed by atoms with E-state index in [4.69, 9.17) is 0 Å². The molecular formula is C15H22N2O. The van der Waals surface area contributed by atoms with Gasteiger partial charge in [0.2, 0.25) is 5.91 Å². The molecule has 0 radical (unpaired) electrons. The first-order valence-electron chi connectivity index (χ1n) is 6.39. The molecule has 1 aromatic carbocycles. The molecular weight excluding hydrogens is 224 g/mol. The third-order valence-corrected chi connectivity index (χ3v) is 2.82. The van der Waals surface area contributed by atoms with Crippen LogP contribution in [0.2, 0.25) is 0 Å². The highest BCUT2D eigenvalue weighted by Gasteiger charge is 2.03. The van der Waals surface area contributed by atoms with Crippen molar-refractivity contribution in [2.75, 3.05) is 0 Å². The number of fused-ring (bicyclic) bond motifs is 1. The van der Waals surface area contributed by atoms with Crippen molar-refractivity contribution >= 4 is 16.8 Å². The molecule has 18 heavy (non-hydrogen) atoms. The summed E-state index contributed by atoms with van der Waals surface area (Å²) in [5, 5.41) is 3.98. The molecule has 0 unspecified atom stereocenters. The molecule has 0 aliphatic rings. The van der Waals surface area contributed by atoms with Gasteiger partial charge >= 0.3 is 0 Å². The second kappa shape index (κ2) is 6.24. The number of hydrogen-bond acceptors (Lipinski definition) is 1. The smallest absolute Gasteiger partial charge is 0.217 e. The van der Waals surface area contributed by atoms with Gasteiger partial charge in [-0.25, -0.2) is 0 Å². The van der Waals surface area contributed by atoms with Gasteiger partial charge in [-0.1, -0.05) is 13.8 Å². The van der Waals surface area contributed by atoms with E-state index in [0.717, 1.165) is 11.2 Å². The van der Waals surface area contributed by atoms with Crippen LogP contribution in [-0.2, 0) is 11.3 Å². The Morgan fingerprint density at radius 1 is 1.17 bits per heavy atom. The number of carbonyl (C=O) groups excluding carboxylic acids is 1. The fourth-order valence-corrected chi connectivity index (χ4v) is 1.78. The molecule has 2 rings (SSSR count). The van der Waals surface area contributed by atoms with Gasteiger partial charge in [-0.3, -0.25) is 4.79 Å². The highest BCUT2D eigenvalue weighted by molar-refractivity contribution is 5.82. The van der Waals surface area contributed by atoms with Crippen LogP contribution in [0, 0.1) is 13.8 Å². The quantitative estimate of drug-likeness (QED) is 0.837. The molecule has 0 atom stereocenters. The van der Waals surface area contributed by atoms with Gasteiger partial charge in [0, 0.05) is 18.1 Å². The third kappa shape index (κ3) is 3.36. The van der Waals surface area contributed by atoms with E-state index in [9.17, 15) is 4.79 Å². The predicted molar refractivity (Wildman–Crippen MR) is 76.6 cm³/mol. The molecule has 1 amide bonds. The van der Waals surface area contributed by atoms with E-state index in [1.54, 1.807) is 0 Å². The summed E-state index contributed by atoms with van der Waals surface area (Å²) in [5.41, 5.74) is 4.73. The minimum atomic E-state index is -0.00832. The van der Waals surface area contributed by atoms with Gasteiger partial charge in [-0.05, 0) is 48.6 Å². The summed E-state index contributed by atoms with van der Waals surface area (Å²) in [6.07, 6.45) is 0. The Bertz CT molecular complexity index is 502. The van der Waals surface area contributed by atoms with E-state index in [1.807, 2.05) is 13.8 Å². The number of aryl methyl sites for hydroxylation is 2. The first-order chi connectivity index (χ1) is 8.56. The average Bonchev–Trinajstić information content (AvgIpc) is 2.72. The molecule has 1 heterocycles. The third-order valence-electron chi connectivity index (χ3n) is 2.82. The van der Waals surface area contributed by atoms with Crippen LogP contribution in [0.1, 0.15) is 37.6 Å². The molecule has 0 bridgehead atoms. The minimum Gasteiger partial charge on any atom is -0.357 e. The monoisotopic (exact) mass is 246 g/mol. The highest BCUT2D eigenvalue weighted by Crippen LogP contribution is 2.19. The van der Waals surface area contributed by atoms with Crippen molar-refractivity contribution in [1.82, 2.24) is 10.3 Å². The van der Waals surface area contributed by atoms with E-state index in [-0.39, 0.29) is 5.91 Å². The predicted octanol–water partition coefficient (Wildman–Crippen LogP) is 3.45. The number of carbonyl (C=O) groups is 1. The largest absolute Gasteiger partial charge is 0.357 e. The zero-order valence-corrected chi connectivity index (χ0v) is 11.8. The molecule has 2 N–H and O–H groups in total. The average molecular weight is 246 g/mol. The normalized spacial score (nSPS) is 9.83. The highest BCUT2D eigenvalue weighted by atomic mass is 16.1. The molecule has 3 nitrogen and oxygen atoms in total. The van der Waals surface area contributed by atoms with Gasteiger partial charge in [0.15, 0.2) is 0 Å². The van der Waals surface area contributed by atoms with Crippen molar-refractivity contribution in [3.8, 4) is 0 Å². The van der Waals surface area contributed by atoms with Gasteiger partial charge in [-0.2, -0.15) is 0 Å². The molecule has 0 aliphatic carbocycles. The zero-order chi connectivity index (χ0) is 13.7. The van der Waals surface area contributed by atoms with Crippen LogP contribution in [0.4, 0.5) is 0 Å². The van der Waals surface area contributed by atoms with Gasteiger partial charge in [0.25, 0.3) is 0 Å². The van der Waals surface area contributed by atoms with Crippen molar-refractivity contribution in [3.63, 3.8) is 0 Å². The summed E-state index contributed by atoms with van der Waals surface area (Å²) >= 11 is 0. The van der Waals surface area contributed by atoms with Gasteiger partial charge in [0.05, 0.1) is 6.54 Å². The maximum Gasteiger partial charge on any atom is 0.217 e. The Morgan fingerprint density at radius 2 is 1.78 bits per heavy atom. The summed E-state index contributed by atoms with van der Waals surface area (Å²) in [6.45, 7) is 10.3. The number of rotatable bonds is 2. The standard InChI is InChI=1S/C13H16N2O.C2H6/c1-8-4-11-6-12(7-14-10(3)16)15-13(11)5-9(8)2;1-2/h4-6,15H,7H2,1-3H3,(H,14,16);1-2H3. The van der Waals surface area contributed by atoms with Crippen LogP contribution in [0.3, 0.4) is 0 Å². The van der Waals surface area contributed by atoms with Crippen LogP contribution in [0.5, 0.6) is 0 Å². The van der Waals surface area contributed by atoms with E-state index in [2.05, 4.69) is 42.3 Å². The van der Waals surface area contributed by atoms with Gasteiger partial charge in [-0.15, -0.1) is 0 Å². The summed E-state index contributed by atoms with van der Waals surface area (Å²) < 4.78 is 0. The van der Waals surface area contributed by atoms with Crippen molar-refractivity contribution < 1.29 is 4.79 Å². The minimum absolute atomic E-state index is 0.00832. The molecule has 0 saturated heterocycles. The summed E-state index contributed by atoms with van der Waals surface area (Å²) in [7, 11) is 0. The number of aromatic nitrogens is 1. The van der Waals surface area contributed by atoms with E-state index in [0.29, 0.717) is 6.54 Å². The fourth-order valence-electron chi connectivity index (χ4n) is 1.78. The number of H-pyrrole nitrogens is 1. The molecule has 0 saturated carbocycles. The van der Waals surface area contributed by atoms with Gasteiger partial charge in [0.1, 0.15) is 0 Å². The number of benzene rings is 1. The molecule has 1 aromatic heterocycles. The van der Waals surface area contributed by atoms with Crippen molar-refractivity contribution in [1.29, 1.82) is 0 Å². The summed E-state index contributed by atoms with van der Waals surface area (Å²) in [5.74, 6) is -0.00832. The lowest BCUT2D eigenvalue weighted by molar-refractivity contribution is -0.119. The molecule has 0 aliphatic heterocycles. The molecule has 0 spiro atoms. The Balaban J connectivity index is 0.000000771. The lowest BCUT2D eigenvalue weighted by Gasteiger charge is -1.98. The molecule has 2 aromatic rings. The molecule has 0 fully saturated rings. The number of amides is 1. The Hall–Kier alpha value is -1.77. The number of nitrogens with one attached hydrogen (secondary N) is 2. The second-order valence-electron chi connectivity index (χ2n) is 4.23. The molecule has 3 heteroatoms. The van der Waals surface area contributed by atoms with Crippen LogP contribution in [0.25, 0.3) is 10.9 Å². The lowest BCUT2D eigenvalue weighted by Crippen LogP contribution is -2.18. The van der Waals surface area contributed by atoms with Gasteiger partial charge < -0.3 is 10.3 Å². The maximum atomic E-state index is 10.8. The maximum absolute atomic E-state index is 10.8. The van der Waals surface area contributed by atoms with Crippen LogP contribution in [-0.4, -0.2) is 10.9 Å². The first kappa shape index (κ1) is 14.3. The number of aromatic amines is 1. The Morgan fingerprint density at radius 3 is 2.39 bits per heavy atom. The van der Waals surface area contributed by atoms with Crippen molar-refractivity contribution in [2.24, 2.45) is 0 Å².